The lowest BCUT2D eigenvalue weighted by Crippen LogP contribution is -2.52. The van der Waals surface area contributed by atoms with Crippen LogP contribution in [0.4, 0.5) is 0 Å². The number of piperazine rings is 1. The Kier molecular flexibility index (Phi) is 9.41. The molecule has 0 bridgehead atoms. The zero-order valence-corrected chi connectivity index (χ0v) is 19.9. The minimum Gasteiger partial charge on any atom is -0.384 e. The van der Waals surface area contributed by atoms with Gasteiger partial charge >= 0.3 is 0 Å². The average Bonchev–Trinajstić information content (AvgIpc) is 2.86. The molecule has 7 N–H and O–H groups in total. The number of nitrogens with one attached hydrogen (secondary N) is 5. The zero-order chi connectivity index (χ0) is 22.7. The third-order valence-corrected chi connectivity index (χ3v) is 6.73. The molecule has 1 saturated heterocycles. The third kappa shape index (κ3) is 7.99. The molecule has 3 aliphatic rings. The fourth-order valence-electron chi connectivity index (χ4n) is 4.77. The molecule has 8 heteroatoms. The van der Waals surface area contributed by atoms with Gasteiger partial charge in [-0.3, -0.25) is 5.32 Å². The Morgan fingerprint density at radius 2 is 1.67 bits per heavy atom. The monoisotopic (exact) mass is 454 g/mol. The molecule has 0 spiro atoms. The smallest absolute Gasteiger partial charge is 0.177 e. The Morgan fingerprint density at radius 1 is 0.939 bits per heavy atom. The van der Waals surface area contributed by atoms with Crippen molar-refractivity contribution in [2.24, 2.45) is 10.7 Å². The lowest BCUT2D eigenvalue weighted by Gasteiger charge is -2.35. The van der Waals surface area contributed by atoms with Gasteiger partial charge in [0, 0.05) is 51.4 Å². The van der Waals surface area contributed by atoms with Gasteiger partial charge in [0.1, 0.15) is 11.7 Å². The van der Waals surface area contributed by atoms with Crippen LogP contribution in [0.25, 0.3) is 0 Å². The molecule has 1 atom stereocenters. The van der Waals surface area contributed by atoms with Gasteiger partial charge in [-0.1, -0.05) is 43.5 Å². The molecule has 2 heterocycles. The molecule has 182 valence electrons. The fourth-order valence-corrected chi connectivity index (χ4v) is 4.77. The standard InChI is InChI=1S/C25H42N8/c26-23-17-24(33-15-13-27-14-16-33)32-25(31-23)30-19-21-9-7-20(8-10-21)18-28-11-4-12-29-22-5-2-1-3-6-22/h7-10,17,22,25,27-30,32H,1-6,11-16,18-19H2,(H2,26,31). The van der Waals surface area contributed by atoms with E-state index in [1.165, 1.54) is 49.7 Å². The first-order valence-electron chi connectivity index (χ1n) is 12.8. The maximum Gasteiger partial charge on any atom is 0.177 e. The molecule has 0 radical (unpaired) electrons. The van der Waals surface area contributed by atoms with E-state index in [4.69, 9.17) is 5.73 Å². The van der Waals surface area contributed by atoms with E-state index in [9.17, 15) is 0 Å². The molecule has 2 fully saturated rings. The molecule has 1 saturated carbocycles. The number of benzene rings is 1. The second-order valence-electron chi connectivity index (χ2n) is 9.38. The third-order valence-electron chi connectivity index (χ3n) is 6.73. The maximum absolute atomic E-state index is 6.07. The van der Waals surface area contributed by atoms with Crippen LogP contribution < -0.4 is 32.3 Å². The molecule has 1 aliphatic carbocycles. The van der Waals surface area contributed by atoms with Crippen LogP contribution in [-0.4, -0.2) is 62.3 Å². The summed E-state index contributed by atoms with van der Waals surface area (Å²) >= 11 is 0. The van der Waals surface area contributed by atoms with Gasteiger partial charge in [0.25, 0.3) is 0 Å². The molecular weight excluding hydrogens is 412 g/mol. The fraction of sp³-hybridized carbons (Fsp3) is 0.640. The summed E-state index contributed by atoms with van der Waals surface area (Å²) in [6.45, 7) is 7.77. The molecule has 0 aromatic heterocycles. The van der Waals surface area contributed by atoms with E-state index >= 15 is 0 Å². The molecule has 8 nitrogen and oxygen atoms in total. The van der Waals surface area contributed by atoms with Crippen LogP contribution in [0.3, 0.4) is 0 Å². The minimum absolute atomic E-state index is 0.205. The van der Waals surface area contributed by atoms with Gasteiger partial charge in [0.2, 0.25) is 0 Å². The summed E-state index contributed by atoms with van der Waals surface area (Å²) in [6, 6.07) is 9.57. The Hall–Kier alpha value is -2.13. The molecular formula is C25H42N8. The van der Waals surface area contributed by atoms with Crippen molar-refractivity contribution < 1.29 is 0 Å². The summed E-state index contributed by atoms with van der Waals surface area (Å²) in [5, 5.41) is 17.6. The van der Waals surface area contributed by atoms with Crippen molar-refractivity contribution in [3.8, 4) is 0 Å². The predicted molar refractivity (Wildman–Crippen MR) is 136 cm³/mol. The Balaban J connectivity index is 1.11. The summed E-state index contributed by atoms with van der Waals surface area (Å²) in [6.07, 6.45) is 9.84. The molecule has 4 rings (SSSR count). The first kappa shape index (κ1) is 24.0. The van der Waals surface area contributed by atoms with Crippen molar-refractivity contribution in [1.29, 1.82) is 0 Å². The van der Waals surface area contributed by atoms with Gasteiger partial charge in [0.15, 0.2) is 6.29 Å². The topological polar surface area (TPSA) is 102 Å². The van der Waals surface area contributed by atoms with Crippen LogP contribution in [0.15, 0.2) is 41.2 Å². The zero-order valence-electron chi connectivity index (χ0n) is 19.9. The first-order chi connectivity index (χ1) is 16.3. The highest BCUT2D eigenvalue weighted by Gasteiger charge is 2.20. The van der Waals surface area contributed by atoms with Crippen molar-refractivity contribution >= 4 is 5.84 Å². The van der Waals surface area contributed by atoms with Crippen LogP contribution in [0.5, 0.6) is 0 Å². The summed E-state index contributed by atoms with van der Waals surface area (Å²) in [4.78, 5) is 6.81. The van der Waals surface area contributed by atoms with E-state index in [1.54, 1.807) is 0 Å². The van der Waals surface area contributed by atoms with Crippen LogP contribution >= 0.6 is 0 Å². The van der Waals surface area contributed by atoms with Crippen molar-refractivity contribution in [1.82, 2.24) is 31.5 Å². The van der Waals surface area contributed by atoms with E-state index in [1.807, 2.05) is 6.08 Å². The Morgan fingerprint density at radius 3 is 2.42 bits per heavy atom. The van der Waals surface area contributed by atoms with E-state index < -0.39 is 0 Å². The largest absolute Gasteiger partial charge is 0.384 e. The average molecular weight is 455 g/mol. The quantitative estimate of drug-likeness (QED) is 0.279. The maximum atomic E-state index is 6.07. The molecule has 33 heavy (non-hydrogen) atoms. The second-order valence-corrected chi connectivity index (χ2v) is 9.38. The molecule has 1 unspecified atom stereocenters. The van der Waals surface area contributed by atoms with Crippen LogP contribution in [0, 0.1) is 0 Å². The van der Waals surface area contributed by atoms with Gasteiger partial charge in [-0.25, -0.2) is 4.99 Å². The summed E-state index contributed by atoms with van der Waals surface area (Å²) in [7, 11) is 0. The van der Waals surface area contributed by atoms with Crippen molar-refractivity contribution in [2.75, 3.05) is 39.3 Å². The number of amidine groups is 1. The lowest BCUT2D eigenvalue weighted by molar-refractivity contribution is 0.264. The SMILES string of the molecule is NC1=NC(NCc2ccc(CNCCCNC3CCCCC3)cc2)NC(N2CCNCC2)=C1. The Bertz CT molecular complexity index is 763. The van der Waals surface area contributed by atoms with E-state index in [0.29, 0.717) is 5.84 Å². The van der Waals surface area contributed by atoms with Crippen LogP contribution in [0.1, 0.15) is 49.7 Å². The number of hydrogen-bond acceptors (Lipinski definition) is 8. The Labute approximate surface area is 198 Å². The predicted octanol–water partition coefficient (Wildman–Crippen LogP) is 1.17. The molecule has 1 aromatic rings. The van der Waals surface area contributed by atoms with Gasteiger partial charge in [-0.05, 0) is 43.5 Å². The second kappa shape index (κ2) is 12.9. The van der Waals surface area contributed by atoms with E-state index in [-0.39, 0.29) is 6.29 Å². The summed E-state index contributed by atoms with van der Waals surface area (Å²) in [5.74, 6) is 1.62. The lowest BCUT2D eigenvalue weighted by atomic mass is 9.95. The normalized spacial score (nSPS) is 21.9. The first-order valence-corrected chi connectivity index (χ1v) is 12.8. The summed E-state index contributed by atoms with van der Waals surface area (Å²) in [5.41, 5.74) is 8.63. The van der Waals surface area contributed by atoms with Gasteiger partial charge in [-0.2, -0.15) is 0 Å². The van der Waals surface area contributed by atoms with Gasteiger partial charge in [-0.15, -0.1) is 0 Å². The molecule has 0 amide bonds. The minimum atomic E-state index is -0.205. The van der Waals surface area contributed by atoms with Gasteiger partial charge < -0.3 is 31.9 Å². The highest BCUT2D eigenvalue weighted by atomic mass is 15.4. The molecule has 2 aliphatic heterocycles. The van der Waals surface area contributed by atoms with Crippen molar-refractivity contribution in [3.05, 3.63) is 47.3 Å². The van der Waals surface area contributed by atoms with Gasteiger partial charge in [0.05, 0.1) is 0 Å². The molecule has 1 aromatic carbocycles. The van der Waals surface area contributed by atoms with E-state index in [2.05, 4.69) is 60.7 Å². The van der Waals surface area contributed by atoms with Crippen molar-refractivity contribution in [2.45, 2.75) is 63.9 Å². The van der Waals surface area contributed by atoms with Crippen LogP contribution in [0.2, 0.25) is 0 Å². The van der Waals surface area contributed by atoms with E-state index in [0.717, 1.165) is 64.2 Å². The van der Waals surface area contributed by atoms with Crippen molar-refractivity contribution in [3.63, 3.8) is 0 Å². The summed E-state index contributed by atoms with van der Waals surface area (Å²) < 4.78 is 0. The highest BCUT2D eigenvalue weighted by Crippen LogP contribution is 2.17. The highest BCUT2D eigenvalue weighted by molar-refractivity contribution is 5.92. The number of nitrogens with zero attached hydrogens (tertiary/aromatic N) is 2. The number of nitrogens with two attached hydrogens (primary N) is 1. The number of hydrogen-bond donors (Lipinski definition) is 6. The van der Waals surface area contributed by atoms with Crippen LogP contribution in [-0.2, 0) is 13.1 Å². The number of rotatable bonds is 11. The number of aliphatic imine (C=N–C) groups is 1.